The van der Waals surface area contributed by atoms with Crippen molar-refractivity contribution in [3.63, 3.8) is 0 Å². The molecule has 2 aromatic carbocycles. The second-order valence-corrected chi connectivity index (χ2v) is 4.14. The first-order valence-corrected chi connectivity index (χ1v) is 5.29. The van der Waals surface area contributed by atoms with E-state index in [0.29, 0.717) is 4.90 Å². The second-order valence-electron chi connectivity index (χ2n) is 3.03. The minimum atomic E-state index is -0.341. The van der Waals surface area contributed by atoms with E-state index in [-0.39, 0.29) is 11.6 Å². The van der Waals surface area contributed by atoms with E-state index in [1.807, 2.05) is 30.3 Å². The fourth-order valence-corrected chi connectivity index (χ4v) is 2.08. The minimum Gasteiger partial charge on any atom is -0.507 e. The van der Waals surface area contributed by atoms with Crippen LogP contribution in [0.2, 0.25) is 0 Å². The van der Waals surface area contributed by atoms with Gasteiger partial charge < -0.3 is 5.11 Å². The van der Waals surface area contributed by atoms with E-state index in [0.717, 1.165) is 4.90 Å². The van der Waals surface area contributed by atoms with Gasteiger partial charge in [0.1, 0.15) is 11.6 Å². The average molecular weight is 220 g/mol. The van der Waals surface area contributed by atoms with Crippen LogP contribution in [0.15, 0.2) is 58.3 Å². The van der Waals surface area contributed by atoms with Crippen LogP contribution in [0.3, 0.4) is 0 Å². The predicted molar refractivity (Wildman–Crippen MR) is 58.6 cm³/mol. The van der Waals surface area contributed by atoms with Crippen LogP contribution in [0.4, 0.5) is 4.39 Å². The van der Waals surface area contributed by atoms with Crippen LogP contribution in [-0.2, 0) is 0 Å². The number of hydrogen-bond donors (Lipinski definition) is 1. The molecule has 0 aliphatic carbocycles. The summed E-state index contributed by atoms with van der Waals surface area (Å²) in [5, 5.41) is 9.51. The molecule has 0 saturated heterocycles. The Labute approximate surface area is 91.6 Å². The highest BCUT2D eigenvalue weighted by Crippen LogP contribution is 2.34. The summed E-state index contributed by atoms with van der Waals surface area (Å²) < 4.78 is 12.9. The molecule has 0 saturated carbocycles. The van der Waals surface area contributed by atoms with Crippen molar-refractivity contribution in [1.29, 1.82) is 0 Å². The second kappa shape index (κ2) is 4.36. The van der Waals surface area contributed by atoms with Gasteiger partial charge in [-0.05, 0) is 30.3 Å². The van der Waals surface area contributed by atoms with Crippen LogP contribution < -0.4 is 0 Å². The molecule has 0 radical (unpaired) electrons. The molecule has 15 heavy (non-hydrogen) atoms. The molecule has 3 heteroatoms. The van der Waals surface area contributed by atoms with Gasteiger partial charge in [-0.25, -0.2) is 4.39 Å². The predicted octanol–water partition coefficient (Wildman–Crippen LogP) is 3.68. The molecule has 0 spiro atoms. The molecular formula is C12H9FOS. The number of benzene rings is 2. The first kappa shape index (κ1) is 10.1. The van der Waals surface area contributed by atoms with Gasteiger partial charge in [-0.1, -0.05) is 30.0 Å². The molecule has 0 aromatic heterocycles. The zero-order valence-corrected chi connectivity index (χ0v) is 8.67. The van der Waals surface area contributed by atoms with Crippen molar-refractivity contribution in [3.05, 3.63) is 54.3 Å². The number of aromatic hydroxyl groups is 1. The van der Waals surface area contributed by atoms with Crippen LogP contribution >= 0.6 is 11.8 Å². The maximum atomic E-state index is 12.9. The summed E-state index contributed by atoms with van der Waals surface area (Å²) in [4.78, 5) is 1.50. The summed E-state index contributed by atoms with van der Waals surface area (Å²) in [5.74, 6) is -0.239. The lowest BCUT2D eigenvalue weighted by Crippen LogP contribution is -1.78. The molecule has 0 fully saturated rings. The summed E-state index contributed by atoms with van der Waals surface area (Å²) in [6, 6.07) is 13.5. The summed E-state index contributed by atoms with van der Waals surface area (Å²) in [7, 11) is 0. The van der Waals surface area contributed by atoms with Gasteiger partial charge in [0.15, 0.2) is 0 Å². The Kier molecular flexibility index (Phi) is 2.92. The topological polar surface area (TPSA) is 20.2 Å². The smallest absolute Gasteiger partial charge is 0.129 e. The van der Waals surface area contributed by atoms with Gasteiger partial charge in [0.25, 0.3) is 0 Å². The Hall–Kier alpha value is -1.48. The Morgan fingerprint density at radius 3 is 2.47 bits per heavy atom. The summed E-state index contributed by atoms with van der Waals surface area (Å²) in [6.07, 6.45) is 0. The number of halogens is 1. The van der Waals surface area contributed by atoms with Gasteiger partial charge in [-0.2, -0.15) is 0 Å². The van der Waals surface area contributed by atoms with Crippen LogP contribution in [0, 0.1) is 5.82 Å². The lowest BCUT2D eigenvalue weighted by molar-refractivity contribution is 0.459. The zero-order valence-electron chi connectivity index (χ0n) is 7.85. The summed E-state index contributed by atoms with van der Waals surface area (Å²) in [6.45, 7) is 0. The molecule has 1 nitrogen and oxygen atoms in total. The average Bonchev–Trinajstić information content (AvgIpc) is 2.25. The van der Waals surface area contributed by atoms with Crippen LogP contribution in [0.25, 0.3) is 0 Å². The maximum absolute atomic E-state index is 12.9. The molecule has 2 aromatic rings. The first-order chi connectivity index (χ1) is 7.25. The van der Waals surface area contributed by atoms with Crippen molar-refractivity contribution < 1.29 is 9.50 Å². The van der Waals surface area contributed by atoms with Crippen molar-refractivity contribution in [2.75, 3.05) is 0 Å². The normalized spacial score (nSPS) is 10.2. The zero-order chi connectivity index (χ0) is 10.7. The van der Waals surface area contributed by atoms with Crippen molar-refractivity contribution in [2.24, 2.45) is 0 Å². The molecule has 0 bridgehead atoms. The third kappa shape index (κ3) is 2.50. The highest BCUT2D eigenvalue weighted by molar-refractivity contribution is 7.99. The van der Waals surface area contributed by atoms with Crippen LogP contribution in [-0.4, -0.2) is 5.11 Å². The minimum absolute atomic E-state index is 0.102. The molecule has 0 amide bonds. The SMILES string of the molecule is Oc1ccc(F)cc1Sc1ccccc1. The van der Waals surface area contributed by atoms with Gasteiger partial charge in [0.2, 0.25) is 0 Å². The van der Waals surface area contributed by atoms with Crippen molar-refractivity contribution in [1.82, 2.24) is 0 Å². The molecule has 0 unspecified atom stereocenters. The third-order valence-electron chi connectivity index (χ3n) is 1.89. The highest BCUT2D eigenvalue weighted by atomic mass is 32.2. The molecule has 0 atom stereocenters. The van der Waals surface area contributed by atoms with E-state index in [4.69, 9.17) is 0 Å². The first-order valence-electron chi connectivity index (χ1n) is 4.47. The molecule has 0 aliphatic heterocycles. The fourth-order valence-electron chi connectivity index (χ4n) is 1.19. The van der Waals surface area contributed by atoms with Crippen LogP contribution in [0.1, 0.15) is 0 Å². The molecule has 76 valence electrons. The van der Waals surface area contributed by atoms with E-state index in [1.165, 1.54) is 30.0 Å². The molecular weight excluding hydrogens is 211 g/mol. The summed E-state index contributed by atoms with van der Waals surface area (Å²) >= 11 is 1.34. The van der Waals surface area contributed by atoms with Crippen molar-refractivity contribution in [3.8, 4) is 5.75 Å². The number of hydrogen-bond acceptors (Lipinski definition) is 2. The van der Waals surface area contributed by atoms with Gasteiger partial charge >= 0.3 is 0 Å². The quantitative estimate of drug-likeness (QED) is 0.833. The van der Waals surface area contributed by atoms with E-state index in [2.05, 4.69) is 0 Å². The molecule has 1 N–H and O–H groups in total. The van der Waals surface area contributed by atoms with E-state index in [1.54, 1.807) is 0 Å². The fraction of sp³-hybridized carbons (Fsp3) is 0. The number of phenols is 1. The van der Waals surface area contributed by atoms with Gasteiger partial charge in [-0.3, -0.25) is 0 Å². The standard InChI is InChI=1S/C12H9FOS/c13-9-6-7-11(14)12(8-9)15-10-4-2-1-3-5-10/h1-8,14H. The highest BCUT2D eigenvalue weighted by Gasteiger charge is 2.04. The molecule has 2 rings (SSSR count). The Balaban J connectivity index is 2.28. The maximum Gasteiger partial charge on any atom is 0.129 e. The van der Waals surface area contributed by atoms with Gasteiger partial charge in [-0.15, -0.1) is 0 Å². The van der Waals surface area contributed by atoms with E-state index in [9.17, 15) is 9.50 Å². The van der Waals surface area contributed by atoms with E-state index >= 15 is 0 Å². The van der Waals surface area contributed by atoms with E-state index < -0.39 is 0 Å². The van der Waals surface area contributed by atoms with Gasteiger partial charge in [0.05, 0.1) is 4.90 Å². The van der Waals surface area contributed by atoms with Crippen LogP contribution in [0.5, 0.6) is 5.75 Å². The summed E-state index contributed by atoms with van der Waals surface area (Å²) in [5.41, 5.74) is 0. The molecule has 0 aliphatic rings. The Morgan fingerprint density at radius 1 is 1.00 bits per heavy atom. The number of phenolic OH excluding ortho intramolecular Hbond substituents is 1. The van der Waals surface area contributed by atoms with Crippen molar-refractivity contribution in [2.45, 2.75) is 9.79 Å². The lowest BCUT2D eigenvalue weighted by Gasteiger charge is -2.03. The third-order valence-corrected chi connectivity index (χ3v) is 2.95. The largest absolute Gasteiger partial charge is 0.507 e. The lowest BCUT2D eigenvalue weighted by atomic mass is 10.3. The number of rotatable bonds is 2. The van der Waals surface area contributed by atoms with Gasteiger partial charge in [0, 0.05) is 4.90 Å². The monoisotopic (exact) mass is 220 g/mol. The Bertz CT molecular complexity index is 456. The van der Waals surface area contributed by atoms with Crippen molar-refractivity contribution >= 4 is 11.8 Å². The molecule has 0 heterocycles. The Morgan fingerprint density at radius 2 is 1.73 bits per heavy atom.